The van der Waals surface area contributed by atoms with E-state index in [4.69, 9.17) is 4.42 Å². The first kappa shape index (κ1) is 16.0. The van der Waals surface area contributed by atoms with Gasteiger partial charge in [-0.15, -0.1) is 0 Å². The van der Waals surface area contributed by atoms with Crippen molar-refractivity contribution in [2.45, 2.75) is 18.2 Å². The molecule has 22 heavy (non-hydrogen) atoms. The molecule has 0 amide bonds. The maximum atomic E-state index is 12.9. The molecule has 0 saturated carbocycles. The number of fused-ring (bicyclic) bond motifs is 1. The molecule has 2 rings (SSSR count). The van der Waals surface area contributed by atoms with Crippen molar-refractivity contribution in [2.75, 3.05) is 7.11 Å². The highest BCUT2D eigenvalue weighted by Crippen LogP contribution is 2.35. The maximum absolute atomic E-state index is 12.9. The Kier molecular flexibility index (Phi) is 3.97. The number of ether oxygens (including phenoxy) is 1. The van der Waals surface area contributed by atoms with Crippen LogP contribution in [0.1, 0.15) is 17.0 Å². The van der Waals surface area contributed by atoms with Gasteiger partial charge in [0.25, 0.3) is 5.60 Å². The highest BCUT2D eigenvalue weighted by Gasteiger charge is 2.61. The van der Waals surface area contributed by atoms with Crippen LogP contribution in [0.4, 0.5) is 13.2 Å². The number of hydrogen-bond acceptors (Lipinski definition) is 5. The zero-order chi connectivity index (χ0) is 16.5. The molecule has 1 aromatic heterocycles. The van der Waals surface area contributed by atoms with Crippen LogP contribution in [-0.2, 0) is 9.53 Å². The lowest BCUT2D eigenvalue weighted by molar-refractivity contribution is -0.260. The Bertz CT molecular complexity index is 686. The fraction of sp³-hybridized carbons (Fsp3) is 0.286. The number of aliphatic hydroxyl groups is 1. The zero-order valence-corrected chi connectivity index (χ0v) is 11.3. The van der Waals surface area contributed by atoms with Gasteiger partial charge in [0, 0.05) is 5.39 Å². The van der Waals surface area contributed by atoms with Crippen molar-refractivity contribution in [1.82, 2.24) is 0 Å². The van der Waals surface area contributed by atoms with Crippen molar-refractivity contribution < 1.29 is 37.0 Å². The summed E-state index contributed by atoms with van der Waals surface area (Å²) in [6.07, 6.45) is -6.88. The number of furan rings is 1. The van der Waals surface area contributed by atoms with Crippen molar-refractivity contribution in [3.05, 3.63) is 36.1 Å². The fourth-order valence-electron chi connectivity index (χ4n) is 1.90. The second kappa shape index (κ2) is 5.45. The Labute approximate surface area is 122 Å². The summed E-state index contributed by atoms with van der Waals surface area (Å²) in [6.45, 7) is 0. The third-order valence-corrected chi connectivity index (χ3v) is 3.11. The van der Waals surface area contributed by atoms with Crippen molar-refractivity contribution in [3.8, 4) is 0 Å². The minimum absolute atomic E-state index is 0.305. The van der Waals surface area contributed by atoms with E-state index in [9.17, 15) is 27.9 Å². The fourth-order valence-corrected chi connectivity index (χ4v) is 1.90. The Morgan fingerprint density at radius 3 is 2.45 bits per heavy atom. The van der Waals surface area contributed by atoms with Gasteiger partial charge in [-0.1, -0.05) is 18.2 Å². The van der Waals surface area contributed by atoms with Gasteiger partial charge in [0.1, 0.15) is 5.58 Å². The molecule has 0 bridgehead atoms. The maximum Gasteiger partial charge on any atom is 0.428 e. The van der Waals surface area contributed by atoms with Crippen LogP contribution in [0.2, 0.25) is 0 Å². The van der Waals surface area contributed by atoms with Gasteiger partial charge < -0.3 is 14.3 Å². The van der Waals surface area contributed by atoms with E-state index < -0.39 is 30.0 Å². The lowest BCUT2D eigenvalue weighted by Gasteiger charge is -2.26. The second-order valence-corrected chi connectivity index (χ2v) is 4.60. The summed E-state index contributed by atoms with van der Waals surface area (Å²) < 4.78 is 47.7. The number of para-hydroxylation sites is 1. The number of benzene rings is 1. The zero-order valence-electron chi connectivity index (χ0n) is 11.3. The molecule has 1 heterocycles. The first-order valence-corrected chi connectivity index (χ1v) is 6.08. The number of halogens is 3. The van der Waals surface area contributed by atoms with E-state index in [1.165, 1.54) is 12.1 Å². The number of hydrogen-bond donors (Lipinski definition) is 1. The molecule has 1 N–H and O–H groups in total. The summed E-state index contributed by atoms with van der Waals surface area (Å²) in [5.41, 5.74) is -3.61. The number of ketones is 1. The van der Waals surface area contributed by atoms with Crippen molar-refractivity contribution >= 4 is 22.7 Å². The summed E-state index contributed by atoms with van der Waals surface area (Å²) in [6, 6.07) is 7.66. The van der Waals surface area contributed by atoms with Crippen LogP contribution in [0.5, 0.6) is 0 Å². The van der Waals surface area contributed by atoms with Crippen molar-refractivity contribution in [2.24, 2.45) is 0 Å². The molecule has 0 aliphatic heterocycles. The molecular weight excluding hydrogens is 305 g/mol. The Hall–Kier alpha value is -2.35. The number of rotatable bonds is 4. The predicted octanol–water partition coefficient (Wildman–Crippen LogP) is 2.47. The molecule has 5 nitrogen and oxygen atoms in total. The van der Waals surface area contributed by atoms with Crippen LogP contribution in [0.25, 0.3) is 11.0 Å². The van der Waals surface area contributed by atoms with Gasteiger partial charge in [-0.3, -0.25) is 4.79 Å². The Balaban J connectivity index is 2.34. The van der Waals surface area contributed by atoms with E-state index in [-0.39, 0.29) is 5.76 Å². The number of esters is 1. The molecule has 0 aliphatic rings. The number of Topliss-reactive ketones (excluding diaryl/α,β-unsaturated/α-hetero) is 1. The van der Waals surface area contributed by atoms with Gasteiger partial charge in [0.15, 0.2) is 5.76 Å². The average molecular weight is 316 g/mol. The average Bonchev–Trinajstić information content (AvgIpc) is 2.89. The van der Waals surface area contributed by atoms with Gasteiger partial charge in [0.05, 0.1) is 13.5 Å². The van der Waals surface area contributed by atoms with Crippen molar-refractivity contribution in [1.29, 1.82) is 0 Å². The molecule has 2 aromatic rings. The SMILES string of the molecule is COC(=O)C(O)(CC(=O)c1cc2ccccc2o1)C(F)(F)F. The lowest BCUT2D eigenvalue weighted by atomic mass is 9.95. The second-order valence-electron chi connectivity index (χ2n) is 4.60. The van der Waals surface area contributed by atoms with Gasteiger partial charge in [-0.05, 0) is 12.1 Å². The molecule has 118 valence electrons. The van der Waals surface area contributed by atoms with E-state index in [0.29, 0.717) is 18.1 Å². The molecule has 0 spiro atoms. The molecule has 0 saturated heterocycles. The minimum atomic E-state index is -5.36. The highest BCUT2D eigenvalue weighted by atomic mass is 19.4. The summed E-state index contributed by atoms with van der Waals surface area (Å²) in [4.78, 5) is 23.2. The number of carbonyl (C=O) groups excluding carboxylic acids is 2. The number of methoxy groups -OCH3 is 1. The minimum Gasteiger partial charge on any atom is -0.467 e. The molecule has 1 unspecified atom stereocenters. The summed E-state index contributed by atoms with van der Waals surface area (Å²) in [5, 5.41) is 10.1. The van der Waals surface area contributed by atoms with Gasteiger partial charge in [-0.2, -0.15) is 13.2 Å². The van der Waals surface area contributed by atoms with Gasteiger partial charge in [-0.25, -0.2) is 4.79 Å². The topological polar surface area (TPSA) is 76.7 Å². The summed E-state index contributed by atoms with van der Waals surface area (Å²) in [5.74, 6) is -3.50. The van der Waals surface area contributed by atoms with E-state index in [1.807, 2.05) is 0 Å². The Morgan fingerprint density at radius 1 is 1.27 bits per heavy atom. The third kappa shape index (κ3) is 2.69. The summed E-state index contributed by atoms with van der Waals surface area (Å²) in [7, 11) is 0.685. The quantitative estimate of drug-likeness (QED) is 0.692. The van der Waals surface area contributed by atoms with Crippen LogP contribution >= 0.6 is 0 Å². The highest BCUT2D eigenvalue weighted by molar-refractivity contribution is 6.00. The van der Waals surface area contributed by atoms with Crippen LogP contribution in [0.15, 0.2) is 34.7 Å². The molecule has 0 aliphatic carbocycles. The largest absolute Gasteiger partial charge is 0.467 e. The van der Waals surface area contributed by atoms with E-state index >= 15 is 0 Å². The Morgan fingerprint density at radius 2 is 1.91 bits per heavy atom. The number of carbonyl (C=O) groups is 2. The van der Waals surface area contributed by atoms with Crippen molar-refractivity contribution in [3.63, 3.8) is 0 Å². The lowest BCUT2D eigenvalue weighted by Crippen LogP contribution is -2.54. The molecule has 0 fully saturated rings. The number of alkyl halides is 3. The third-order valence-electron chi connectivity index (χ3n) is 3.11. The first-order chi connectivity index (χ1) is 10.2. The normalized spacial score (nSPS) is 14.6. The monoisotopic (exact) mass is 316 g/mol. The van der Waals surface area contributed by atoms with Gasteiger partial charge >= 0.3 is 12.1 Å². The molecule has 0 radical (unpaired) electrons. The van der Waals surface area contributed by atoms with Crippen LogP contribution in [0.3, 0.4) is 0 Å². The van der Waals surface area contributed by atoms with E-state index in [1.54, 1.807) is 18.2 Å². The molecule has 1 atom stereocenters. The molecule has 1 aromatic carbocycles. The van der Waals surface area contributed by atoms with E-state index in [0.717, 1.165) is 0 Å². The predicted molar refractivity (Wildman–Crippen MR) is 68.2 cm³/mol. The van der Waals surface area contributed by atoms with E-state index in [2.05, 4.69) is 4.74 Å². The smallest absolute Gasteiger partial charge is 0.428 e. The standard InChI is InChI=1S/C14H11F3O5/c1-21-12(19)13(20,14(15,16)17)7-9(18)11-6-8-4-2-3-5-10(8)22-11/h2-6,20H,7H2,1H3. The van der Waals surface area contributed by atoms with Crippen LogP contribution in [0, 0.1) is 0 Å². The first-order valence-electron chi connectivity index (χ1n) is 6.08. The van der Waals surface area contributed by atoms with Gasteiger partial charge in [0.2, 0.25) is 5.78 Å². The summed E-state index contributed by atoms with van der Waals surface area (Å²) >= 11 is 0. The molecular formula is C14H11F3O5. The van der Waals surface area contributed by atoms with Crippen LogP contribution < -0.4 is 0 Å². The van der Waals surface area contributed by atoms with Crippen LogP contribution in [-0.4, -0.2) is 35.7 Å². The molecule has 8 heteroatoms.